The van der Waals surface area contributed by atoms with Crippen LogP contribution in [-0.2, 0) is 0 Å². The maximum absolute atomic E-state index is 6.41. The molecule has 0 saturated heterocycles. The average Bonchev–Trinajstić information content (AvgIpc) is 3.25. The maximum Gasteiger partial charge on any atom is 0.213 e. The standard InChI is InChI=1S/C26H20N2O/c1-2-9-19(10-3-1)26-28-24(22-12-6-7-13-25(22)29-26)17-23(27-28)21-15-14-18-8-4-5-11-20(18)16-21/h1-16,24,26H,17H2/t24-,26-/m0/s1. The number of para-hydroxylation sites is 1. The second-order valence-corrected chi connectivity index (χ2v) is 7.63. The van der Waals surface area contributed by atoms with Crippen molar-refractivity contribution in [2.24, 2.45) is 5.10 Å². The lowest BCUT2D eigenvalue weighted by Crippen LogP contribution is -2.33. The van der Waals surface area contributed by atoms with Crippen LogP contribution in [0.5, 0.6) is 5.75 Å². The van der Waals surface area contributed by atoms with Gasteiger partial charge in [-0.3, -0.25) is 0 Å². The average molecular weight is 376 g/mol. The van der Waals surface area contributed by atoms with E-state index in [2.05, 4.69) is 89.9 Å². The second-order valence-electron chi connectivity index (χ2n) is 7.63. The Kier molecular flexibility index (Phi) is 3.66. The summed E-state index contributed by atoms with van der Waals surface area (Å²) >= 11 is 0. The highest BCUT2D eigenvalue weighted by Gasteiger charge is 2.40. The molecular weight excluding hydrogens is 356 g/mol. The Morgan fingerprint density at radius 1 is 0.759 bits per heavy atom. The summed E-state index contributed by atoms with van der Waals surface area (Å²) in [5.74, 6) is 0.956. The molecule has 6 rings (SSSR count). The molecule has 29 heavy (non-hydrogen) atoms. The van der Waals surface area contributed by atoms with Crippen molar-refractivity contribution in [1.29, 1.82) is 0 Å². The highest BCUT2D eigenvalue weighted by atomic mass is 16.5. The zero-order valence-corrected chi connectivity index (χ0v) is 15.9. The summed E-state index contributed by atoms with van der Waals surface area (Å²) in [5.41, 5.74) is 4.62. The molecule has 0 N–H and O–H groups in total. The Morgan fingerprint density at radius 3 is 2.41 bits per heavy atom. The molecule has 2 aliphatic heterocycles. The Hall–Kier alpha value is -3.59. The molecule has 140 valence electrons. The Balaban J connectivity index is 1.45. The minimum atomic E-state index is -0.214. The van der Waals surface area contributed by atoms with Gasteiger partial charge in [0.15, 0.2) is 0 Å². The van der Waals surface area contributed by atoms with Crippen molar-refractivity contribution < 1.29 is 4.74 Å². The Bertz CT molecular complexity index is 1230. The van der Waals surface area contributed by atoms with Crippen LogP contribution in [0.25, 0.3) is 10.8 Å². The third-order valence-electron chi connectivity index (χ3n) is 5.87. The van der Waals surface area contributed by atoms with Crippen LogP contribution in [-0.4, -0.2) is 10.7 Å². The number of nitrogens with zero attached hydrogens (tertiary/aromatic N) is 2. The molecule has 0 aromatic heterocycles. The second kappa shape index (κ2) is 6.49. The third-order valence-corrected chi connectivity index (χ3v) is 5.87. The number of benzene rings is 4. The van der Waals surface area contributed by atoms with Crippen LogP contribution >= 0.6 is 0 Å². The molecular formula is C26H20N2O. The van der Waals surface area contributed by atoms with Crippen LogP contribution in [0.4, 0.5) is 0 Å². The maximum atomic E-state index is 6.41. The van der Waals surface area contributed by atoms with Gasteiger partial charge in [-0.05, 0) is 28.5 Å². The van der Waals surface area contributed by atoms with Gasteiger partial charge >= 0.3 is 0 Å². The van der Waals surface area contributed by atoms with E-state index < -0.39 is 0 Å². The summed E-state index contributed by atoms with van der Waals surface area (Å²) in [7, 11) is 0. The first-order valence-corrected chi connectivity index (χ1v) is 10.0. The minimum Gasteiger partial charge on any atom is -0.464 e. The lowest BCUT2D eigenvalue weighted by molar-refractivity contribution is -0.0190. The molecule has 0 unspecified atom stereocenters. The lowest BCUT2D eigenvalue weighted by Gasteiger charge is -2.38. The fraction of sp³-hybridized carbons (Fsp3) is 0.115. The highest BCUT2D eigenvalue weighted by Crippen LogP contribution is 2.47. The van der Waals surface area contributed by atoms with E-state index in [1.807, 2.05) is 12.1 Å². The van der Waals surface area contributed by atoms with Gasteiger partial charge in [0.1, 0.15) is 5.75 Å². The molecule has 4 aromatic carbocycles. The van der Waals surface area contributed by atoms with E-state index in [9.17, 15) is 0 Å². The van der Waals surface area contributed by atoms with Gasteiger partial charge in [-0.15, -0.1) is 0 Å². The van der Waals surface area contributed by atoms with Gasteiger partial charge in [0.2, 0.25) is 6.23 Å². The topological polar surface area (TPSA) is 24.8 Å². The van der Waals surface area contributed by atoms with Crippen LogP contribution in [0.1, 0.15) is 35.4 Å². The number of hydrogen-bond donors (Lipinski definition) is 0. The number of ether oxygens (including phenoxy) is 1. The summed E-state index contributed by atoms with van der Waals surface area (Å²) in [6.45, 7) is 0. The van der Waals surface area contributed by atoms with E-state index in [1.165, 1.54) is 21.9 Å². The van der Waals surface area contributed by atoms with Crippen LogP contribution in [0.3, 0.4) is 0 Å². The Labute approximate surface area is 169 Å². The van der Waals surface area contributed by atoms with E-state index in [-0.39, 0.29) is 12.3 Å². The van der Waals surface area contributed by atoms with Crippen molar-refractivity contribution in [3.8, 4) is 5.75 Å². The lowest BCUT2D eigenvalue weighted by atomic mass is 9.95. The Morgan fingerprint density at radius 2 is 1.52 bits per heavy atom. The molecule has 3 nitrogen and oxygen atoms in total. The molecule has 0 bridgehead atoms. The monoisotopic (exact) mass is 376 g/mol. The predicted octanol–water partition coefficient (Wildman–Crippen LogP) is 6.08. The van der Waals surface area contributed by atoms with Crippen LogP contribution in [0.2, 0.25) is 0 Å². The number of hydrazone groups is 1. The van der Waals surface area contributed by atoms with Crippen molar-refractivity contribution in [3.63, 3.8) is 0 Å². The number of hydrogen-bond acceptors (Lipinski definition) is 3. The summed E-state index contributed by atoms with van der Waals surface area (Å²) < 4.78 is 6.41. The molecule has 0 amide bonds. The van der Waals surface area contributed by atoms with E-state index in [4.69, 9.17) is 9.84 Å². The van der Waals surface area contributed by atoms with E-state index in [0.717, 1.165) is 23.4 Å². The fourth-order valence-electron chi connectivity index (χ4n) is 4.42. The molecule has 0 spiro atoms. The third kappa shape index (κ3) is 2.70. The summed E-state index contributed by atoms with van der Waals surface area (Å²) in [6.07, 6.45) is 0.663. The van der Waals surface area contributed by atoms with E-state index >= 15 is 0 Å². The fourth-order valence-corrected chi connectivity index (χ4v) is 4.42. The molecule has 4 aromatic rings. The summed E-state index contributed by atoms with van der Waals surface area (Å²) in [4.78, 5) is 0. The predicted molar refractivity (Wildman–Crippen MR) is 116 cm³/mol. The molecule has 2 atom stereocenters. The van der Waals surface area contributed by atoms with Crippen molar-refractivity contribution >= 4 is 16.5 Å². The van der Waals surface area contributed by atoms with Gasteiger partial charge in [0, 0.05) is 17.5 Å². The van der Waals surface area contributed by atoms with Crippen molar-refractivity contribution in [2.45, 2.75) is 18.7 Å². The zero-order valence-electron chi connectivity index (χ0n) is 15.9. The molecule has 2 aliphatic rings. The van der Waals surface area contributed by atoms with Crippen LogP contribution in [0, 0.1) is 0 Å². The van der Waals surface area contributed by atoms with Gasteiger partial charge < -0.3 is 4.74 Å². The molecule has 0 aliphatic carbocycles. The van der Waals surface area contributed by atoms with E-state index in [1.54, 1.807) is 0 Å². The van der Waals surface area contributed by atoms with Crippen molar-refractivity contribution in [1.82, 2.24) is 5.01 Å². The van der Waals surface area contributed by atoms with Crippen molar-refractivity contribution in [2.75, 3.05) is 0 Å². The largest absolute Gasteiger partial charge is 0.464 e. The molecule has 0 saturated carbocycles. The summed E-state index contributed by atoms with van der Waals surface area (Å²) in [5, 5.41) is 9.71. The molecule has 0 fully saturated rings. The SMILES string of the molecule is c1ccc([C@@H]2Oc3ccccc3[C@@H]3CC(c4ccc5ccccc5c4)=NN32)cc1. The highest BCUT2D eigenvalue weighted by molar-refractivity contribution is 6.04. The smallest absolute Gasteiger partial charge is 0.213 e. The first-order valence-electron chi connectivity index (χ1n) is 10.0. The van der Waals surface area contributed by atoms with Gasteiger partial charge in [0.25, 0.3) is 0 Å². The molecule has 2 heterocycles. The van der Waals surface area contributed by atoms with Crippen molar-refractivity contribution in [3.05, 3.63) is 114 Å². The van der Waals surface area contributed by atoms with Gasteiger partial charge in [-0.1, -0.05) is 84.9 Å². The minimum absolute atomic E-state index is 0.187. The molecule has 3 heteroatoms. The van der Waals surface area contributed by atoms with Gasteiger partial charge in [-0.2, -0.15) is 5.10 Å². The quantitative estimate of drug-likeness (QED) is 0.423. The zero-order chi connectivity index (χ0) is 19.2. The normalized spacial score (nSPS) is 20.0. The van der Waals surface area contributed by atoms with Crippen LogP contribution < -0.4 is 4.74 Å². The number of fused-ring (bicyclic) bond motifs is 4. The van der Waals surface area contributed by atoms with Crippen LogP contribution in [0.15, 0.2) is 102 Å². The molecule has 0 radical (unpaired) electrons. The van der Waals surface area contributed by atoms with Gasteiger partial charge in [0.05, 0.1) is 11.8 Å². The first kappa shape index (κ1) is 16.4. The first-order chi connectivity index (χ1) is 14.4. The number of rotatable bonds is 2. The van der Waals surface area contributed by atoms with Gasteiger partial charge in [-0.25, -0.2) is 5.01 Å². The summed E-state index contributed by atoms with van der Waals surface area (Å²) in [6, 6.07) is 34.0. The van der Waals surface area contributed by atoms with E-state index in [0.29, 0.717) is 0 Å².